The molecule has 0 heterocycles. The van der Waals surface area contributed by atoms with Crippen molar-refractivity contribution in [3.8, 4) is 0 Å². The topological polar surface area (TPSA) is 84.9 Å². The normalized spacial score (nSPS) is 12.2. The van der Waals surface area contributed by atoms with E-state index in [2.05, 4.69) is 0 Å². The van der Waals surface area contributed by atoms with Crippen LogP contribution in [-0.2, 0) is 24.3 Å². The molecule has 0 radical (unpaired) electrons. The summed E-state index contributed by atoms with van der Waals surface area (Å²) in [4.78, 5) is 0. The van der Waals surface area contributed by atoms with Crippen LogP contribution in [0, 0.1) is 0 Å². The number of ether oxygens (including phenoxy) is 3. The van der Waals surface area contributed by atoms with Gasteiger partial charge in [0.25, 0.3) is 5.97 Å². The Morgan fingerprint density at radius 2 is 1.04 bits per heavy atom. The van der Waals surface area contributed by atoms with Gasteiger partial charge in [-0.15, -0.1) is 0 Å². The Morgan fingerprint density at radius 1 is 0.692 bits per heavy atom. The quantitative estimate of drug-likeness (QED) is 0.148. The standard InChI is InChI=1S/C18H38O6S.Na/c1-4-22-18(23-5-2,24-6-3)16-14-12-10-8-7-9-11-13-15-17-25(19,20)21;/h4-17H2,1-3H3,(H,19,20,21);/q;+1/p-1. The molecule has 152 valence electrons. The van der Waals surface area contributed by atoms with E-state index >= 15 is 0 Å². The molecule has 0 N–H and O–H groups in total. The first kappa shape index (κ1) is 29.0. The monoisotopic (exact) mass is 404 g/mol. The van der Waals surface area contributed by atoms with Crippen LogP contribution in [0.4, 0.5) is 0 Å². The Labute approximate surface area is 182 Å². The van der Waals surface area contributed by atoms with E-state index in [9.17, 15) is 13.0 Å². The van der Waals surface area contributed by atoms with Crippen LogP contribution >= 0.6 is 0 Å². The van der Waals surface area contributed by atoms with Crippen molar-refractivity contribution in [1.29, 1.82) is 0 Å². The van der Waals surface area contributed by atoms with Gasteiger partial charge in [0.05, 0.1) is 10.1 Å². The maximum absolute atomic E-state index is 10.5. The van der Waals surface area contributed by atoms with Crippen LogP contribution in [0.3, 0.4) is 0 Å². The van der Waals surface area contributed by atoms with Gasteiger partial charge in [-0.25, -0.2) is 8.42 Å². The van der Waals surface area contributed by atoms with E-state index in [0.29, 0.717) is 26.2 Å². The number of unbranched alkanes of at least 4 members (excludes halogenated alkanes) is 8. The van der Waals surface area contributed by atoms with Crippen LogP contribution in [0.1, 0.15) is 85.0 Å². The second kappa shape index (κ2) is 17.9. The molecule has 0 saturated carbocycles. The van der Waals surface area contributed by atoms with Crippen molar-refractivity contribution >= 4 is 10.1 Å². The molecule has 0 bridgehead atoms. The maximum Gasteiger partial charge on any atom is 1.00 e. The zero-order chi connectivity index (χ0) is 19.0. The van der Waals surface area contributed by atoms with E-state index in [1.54, 1.807) is 0 Å². The molecule has 0 aliphatic heterocycles. The molecule has 0 aromatic rings. The minimum absolute atomic E-state index is 0. The van der Waals surface area contributed by atoms with Crippen LogP contribution in [0.2, 0.25) is 0 Å². The number of hydrogen-bond acceptors (Lipinski definition) is 6. The van der Waals surface area contributed by atoms with Crippen molar-refractivity contribution in [3.63, 3.8) is 0 Å². The third-order valence-electron chi connectivity index (χ3n) is 3.97. The molecule has 0 aromatic heterocycles. The molecule has 26 heavy (non-hydrogen) atoms. The minimum Gasteiger partial charge on any atom is -0.748 e. The molecule has 0 aliphatic rings. The van der Waals surface area contributed by atoms with E-state index in [-0.39, 0.29) is 35.3 Å². The summed E-state index contributed by atoms with van der Waals surface area (Å²) in [7, 11) is -4.04. The van der Waals surface area contributed by atoms with Gasteiger partial charge in [-0.1, -0.05) is 44.9 Å². The predicted molar refractivity (Wildman–Crippen MR) is 98.3 cm³/mol. The van der Waals surface area contributed by atoms with Crippen molar-refractivity contribution < 1.29 is 56.7 Å². The van der Waals surface area contributed by atoms with Crippen LogP contribution in [0.5, 0.6) is 0 Å². The summed E-state index contributed by atoms with van der Waals surface area (Å²) in [5.41, 5.74) is 0. The molecule has 8 heteroatoms. The zero-order valence-corrected chi connectivity index (χ0v) is 20.1. The summed E-state index contributed by atoms with van der Waals surface area (Å²) in [5, 5.41) is 0. The molecule has 0 fully saturated rings. The summed E-state index contributed by atoms with van der Waals surface area (Å²) in [6.07, 6.45) is 9.74. The van der Waals surface area contributed by atoms with Gasteiger partial charge in [0.15, 0.2) is 0 Å². The Bertz CT molecular complexity index is 385. The predicted octanol–water partition coefficient (Wildman–Crippen LogP) is 1.20. The summed E-state index contributed by atoms with van der Waals surface area (Å²) in [6.45, 7) is 7.52. The van der Waals surface area contributed by atoms with Crippen molar-refractivity contribution in [2.45, 2.75) is 91.0 Å². The van der Waals surface area contributed by atoms with Gasteiger partial charge >= 0.3 is 29.6 Å². The first-order valence-corrected chi connectivity index (χ1v) is 11.3. The second-order valence-corrected chi connectivity index (χ2v) is 7.70. The first-order chi connectivity index (χ1) is 11.9. The zero-order valence-electron chi connectivity index (χ0n) is 17.3. The molecule has 6 nitrogen and oxygen atoms in total. The van der Waals surface area contributed by atoms with Crippen molar-refractivity contribution in [1.82, 2.24) is 0 Å². The van der Waals surface area contributed by atoms with E-state index in [0.717, 1.165) is 51.4 Å². The maximum atomic E-state index is 10.5. The first-order valence-electron chi connectivity index (χ1n) is 9.74. The fraction of sp³-hybridized carbons (Fsp3) is 1.00. The van der Waals surface area contributed by atoms with Crippen LogP contribution < -0.4 is 29.6 Å². The van der Waals surface area contributed by atoms with E-state index in [1.165, 1.54) is 6.42 Å². The average Bonchev–Trinajstić information content (AvgIpc) is 2.52. The summed E-state index contributed by atoms with van der Waals surface area (Å²) in [6, 6.07) is 0. The van der Waals surface area contributed by atoms with E-state index in [4.69, 9.17) is 14.2 Å². The van der Waals surface area contributed by atoms with Crippen molar-refractivity contribution in [3.05, 3.63) is 0 Å². The average molecular weight is 405 g/mol. The molecule has 0 aliphatic carbocycles. The molecule has 0 saturated heterocycles. The molecular formula is C18H37NaO6S. The third-order valence-corrected chi connectivity index (χ3v) is 4.76. The fourth-order valence-corrected chi connectivity index (χ4v) is 3.42. The molecule has 0 rings (SSSR count). The van der Waals surface area contributed by atoms with Gasteiger partial charge in [-0.05, 0) is 33.6 Å². The molecule has 0 aromatic carbocycles. The van der Waals surface area contributed by atoms with Crippen LogP contribution in [-0.4, -0.2) is 44.5 Å². The number of rotatable bonds is 18. The summed E-state index contributed by atoms with van der Waals surface area (Å²) in [5.74, 6) is -1.12. The summed E-state index contributed by atoms with van der Waals surface area (Å²) >= 11 is 0. The van der Waals surface area contributed by atoms with Gasteiger partial charge in [0.1, 0.15) is 0 Å². The fourth-order valence-electron chi connectivity index (χ4n) is 2.86. The van der Waals surface area contributed by atoms with Crippen molar-refractivity contribution in [2.75, 3.05) is 25.6 Å². The largest absolute Gasteiger partial charge is 1.00 e. The van der Waals surface area contributed by atoms with Crippen LogP contribution in [0.15, 0.2) is 0 Å². The van der Waals surface area contributed by atoms with Crippen LogP contribution in [0.25, 0.3) is 0 Å². The number of hydrogen-bond donors (Lipinski definition) is 0. The Morgan fingerprint density at radius 3 is 1.38 bits per heavy atom. The van der Waals surface area contributed by atoms with Gasteiger partial charge in [0, 0.05) is 32.0 Å². The molecule has 0 amide bonds. The molecular weight excluding hydrogens is 367 g/mol. The van der Waals surface area contributed by atoms with Crippen molar-refractivity contribution in [2.24, 2.45) is 0 Å². The van der Waals surface area contributed by atoms with E-state index < -0.39 is 16.1 Å². The van der Waals surface area contributed by atoms with Gasteiger partial charge < -0.3 is 18.8 Å². The smallest absolute Gasteiger partial charge is 0.748 e. The molecule has 0 spiro atoms. The minimum atomic E-state index is -4.04. The van der Waals surface area contributed by atoms with Gasteiger partial charge in [-0.3, -0.25) is 0 Å². The second-order valence-electron chi connectivity index (χ2n) is 6.18. The Kier molecular flexibility index (Phi) is 19.9. The molecule has 0 unspecified atom stereocenters. The van der Waals surface area contributed by atoms with Gasteiger partial charge in [-0.2, -0.15) is 0 Å². The Hall–Kier alpha value is 0.790. The molecule has 0 atom stereocenters. The SMILES string of the molecule is CCOC(CCCCCCCCCCCS(=O)(=O)[O-])(OCC)OCC.[Na+]. The Balaban J connectivity index is 0. The van der Waals surface area contributed by atoms with Gasteiger partial charge in [0.2, 0.25) is 0 Å². The van der Waals surface area contributed by atoms with E-state index in [1.807, 2.05) is 20.8 Å². The third kappa shape index (κ3) is 16.9. The summed E-state index contributed by atoms with van der Waals surface area (Å²) < 4.78 is 48.6.